The maximum absolute atomic E-state index is 12.4. The number of carbonyl (C=O) groups excluding carboxylic acids is 2. The van der Waals surface area contributed by atoms with Crippen LogP contribution in [0.2, 0.25) is 0 Å². The average molecular weight is 343 g/mol. The van der Waals surface area contributed by atoms with Crippen LogP contribution in [0, 0.1) is 5.92 Å². The first kappa shape index (κ1) is 16.7. The van der Waals surface area contributed by atoms with Gasteiger partial charge in [-0.05, 0) is 42.0 Å². The van der Waals surface area contributed by atoms with Gasteiger partial charge in [-0.25, -0.2) is 0 Å². The molecular formula is C19H21NO3S. The van der Waals surface area contributed by atoms with Crippen molar-refractivity contribution in [3.05, 3.63) is 52.2 Å². The van der Waals surface area contributed by atoms with Gasteiger partial charge >= 0.3 is 0 Å². The highest BCUT2D eigenvalue weighted by atomic mass is 32.1. The minimum absolute atomic E-state index is 0.0497. The first-order chi connectivity index (χ1) is 11.7. The number of ether oxygens (including phenoxy) is 1. The third kappa shape index (κ3) is 3.85. The molecular weight excluding hydrogens is 322 g/mol. The molecule has 1 aromatic heterocycles. The van der Waals surface area contributed by atoms with Crippen molar-refractivity contribution in [1.29, 1.82) is 0 Å². The molecule has 0 radical (unpaired) electrons. The molecule has 0 aliphatic carbocycles. The number of hydrogen-bond donors (Lipinski definition) is 0. The molecule has 0 saturated carbocycles. The summed E-state index contributed by atoms with van der Waals surface area (Å²) in [6, 6.07) is 11.4. The summed E-state index contributed by atoms with van der Waals surface area (Å²) < 4.78 is 5.13. The predicted octanol–water partition coefficient (Wildman–Crippen LogP) is 3.42. The van der Waals surface area contributed by atoms with Crippen molar-refractivity contribution in [2.24, 2.45) is 5.92 Å². The van der Waals surface area contributed by atoms with E-state index in [-0.39, 0.29) is 17.6 Å². The molecule has 0 bridgehead atoms. The van der Waals surface area contributed by atoms with Crippen LogP contribution in [0.4, 0.5) is 0 Å². The van der Waals surface area contributed by atoms with Crippen molar-refractivity contribution >= 4 is 23.0 Å². The number of piperidine rings is 1. The van der Waals surface area contributed by atoms with Crippen molar-refractivity contribution in [3.8, 4) is 5.75 Å². The molecule has 3 rings (SSSR count). The molecule has 0 spiro atoms. The number of nitrogens with zero attached hydrogens (tertiary/aromatic N) is 1. The number of hydrogen-bond acceptors (Lipinski definition) is 4. The molecule has 1 aromatic carbocycles. The summed E-state index contributed by atoms with van der Waals surface area (Å²) >= 11 is 1.50. The fourth-order valence-corrected chi connectivity index (χ4v) is 3.78. The second-order valence-corrected chi connectivity index (χ2v) is 6.97. The first-order valence-corrected chi connectivity index (χ1v) is 9.04. The van der Waals surface area contributed by atoms with Crippen molar-refractivity contribution in [2.45, 2.75) is 19.3 Å². The Labute approximate surface area is 146 Å². The number of likely N-dealkylation sites (tertiary alicyclic amines) is 1. The molecule has 5 heteroatoms. The van der Waals surface area contributed by atoms with Crippen LogP contribution < -0.4 is 4.74 Å². The summed E-state index contributed by atoms with van der Waals surface area (Å²) in [4.78, 5) is 27.5. The van der Waals surface area contributed by atoms with Gasteiger partial charge in [0, 0.05) is 19.0 Å². The third-order valence-corrected chi connectivity index (χ3v) is 5.38. The van der Waals surface area contributed by atoms with E-state index in [1.165, 1.54) is 11.3 Å². The SMILES string of the molecule is COc1ccc(CC(=O)N2CCC(C(=O)c3cccs3)CC2)cc1. The summed E-state index contributed by atoms with van der Waals surface area (Å²) in [6.07, 6.45) is 1.91. The lowest BCUT2D eigenvalue weighted by Gasteiger charge is -2.31. The van der Waals surface area contributed by atoms with E-state index in [0.29, 0.717) is 19.5 Å². The number of amides is 1. The molecule has 24 heavy (non-hydrogen) atoms. The second kappa shape index (κ2) is 7.62. The van der Waals surface area contributed by atoms with Crippen molar-refractivity contribution in [3.63, 3.8) is 0 Å². The topological polar surface area (TPSA) is 46.6 Å². The predicted molar refractivity (Wildman–Crippen MR) is 94.7 cm³/mol. The van der Waals surface area contributed by atoms with Crippen LogP contribution in [-0.4, -0.2) is 36.8 Å². The zero-order valence-electron chi connectivity index (χ0n) is 13.7. The Morgan fingerprint density at radius 2 is 1.88 bits per heavy atom. The molecule has 1 saturated heterocycles. The van der Waals surface area contributed by atoms with E-state index < -0.39 is 0 Å². The molecule has 2 aromatic rings. The van der Waals surface area contributed by atoms with Crippen LogP contribution in [0.5, 0.6) is 5.75 Å². The van der Waals surface area contributed by atoms with E-state index in [9.17, 15) is 9.59 Å². The minimum atomic E-state index is 0.0497. The molecule has 0 atom stereocenters. The first-order valence-electron chi connectivity index (χ1n) is 8.16. The van der Waals surface area contributed by atoms with Crippen molar-refractivity contribution < 1.29 is 14.3 Å². The Morgan fingerprint density at radius 1 is 1.17 bits per heavy atom. The lowest BCUT2D eigenvalue weighted by molar-refractivity contribution is -0.131. The standard InChI is InChI=1S/C19H21NO3S/c1-23-16-6-4-14(5-7-16)13-18(21)20-10-8-15(9-11-20)19(22)17-3-2-12-24-17/h2-7,12,15H,8-11,13H2,1H3. The number of thiophene rings is 1. The Kier molecular flexibility index (Phi) is 5.30. The highest BCUT2D eigenvalue weighted by Gasteiger charge is 2.28. The monoisotopic (exact) mass is 343 g/mol. The molecule has 0 unspecified atom stereocenters. The molecule has 2 heterocycles. The van der Waals surface area contributed by atoms with Crippen LogP contribution in [-0.2, 0) is 11.2 Å². The summed E-state index contributed by atoms with van der Waals surface area (Å²) in [5.74, 6) is 1.20. The van der Waals surface area contributed by atoms with Crippen LogP contribution in [0.1, 0.15) is 28.1 Å². The molecule has 4 nitrogen and oxygen atoms in total. The van der Waals surface area contributed by atoms with Gasteiger partial charge in [-0.15, -0.1) is 11.3 Å². The van der Waals surface area contributed by atoms with Gasteiger partial charge in [0.25, 0.3) is 0 Å². The fraction of sp³-hybridized carbons (Fsp3) is 0.368. The number of benzene rings is 1. The molecule has 1 amide bonds. The van der Waals surface area contributed by atoms with Gasteiger partial charge in [0.05, 0.1) is 18.4 Å². The van der Waals surface area contributed by atoms with Crippen LogP contribution in [0.25, 0.3) is 0 Å². The summed E-state index contributed by atoms with van der Waals surface area (Å²) in [6.45, 7) is 1.33. The molecule has 0 N–H and O–H groups in total. The van der Waals surface area contributed by atoms with E-state index in [1.807, 2.05) is 46.7 Å². The van der Waals surface area contributed by atoms with Crippen molar-refractivity contribution in [1.82, 2.24) is 4.90 Å². The lowest BCUT2D eigenvalue weighted by atomic mass is 9.91. The van der Waals surface area contributed by atoms with Gasteiger partial charge in [-0.2, -0.15) is 0 Å². The number of methoxy groups -OCH3 is 1. The van der Waals surface area contributed by atoms with Crippen molar-refractivity contribution in [2.75, 3.05) is 20.2 Å². The maximum Gasteiger partial charge on any atom is 0.226 e. The average Bonchev–Trinajstić information content (AvgIpc) is 3.16. The summed E-state index contributed by atoms with van der Waals surface area (Å²) in [5, 5.41) is 1.93. The Balaban J connectivity index is 1.52. The quantitative estimate of drug-likeness (QED) is 0.782. The summed E-state index contributed by atoms with van der Waals surface area (Å²) in [5.41, 5.74) is 0.984. The van der Waals surface area contributed by atoms with Crippen LogP contribution >= 0.6 is 11.3 Å². The summed E-state index contributed by atoms with van der Waals surface area (Å²) in [7, 11) is 1.63. The van der Waals surface area contributed by atoms with Gasteiger partial charge in [-0.3, -0.25) is 9.59 Å². The smallest absolute Gasteiger partial charge is 0.226 e. The maximum atomic E-state index is 12.4. The number of carbonyl (C=O) groups is 2. The Morgan fingerprint density at radius 3 is 2.46 bits per heavy atom. The van der Waals surface area contributed by atoms with E-state index in [2.05, 4.69) is 0 Å². The van der Waals surface area contributed by atoms with Crippen LogP contribution in [0.3, 0.4) is 0 Å². The van der Waals surface area contributed by atoms with Gasteiger partial charge in [0.1, 0.15) is 5.75 Å². The zero-order chi connectivity index (χ0) is 16.9. The Hall–Kier alpha value is -2.14. The lowest BCUT2D eigenvalue weighted by Crippen LogP contribution is -2.40. The highest BCUT2D eigenvalue weighted by molar-refractivity contribution is 7.12. The molecule has 1 fully saturated rings. The fourth-order valence-electron chi connectivity index (χ4n) is 3.04. The number of ketones is 1. The van der Waals surface area contributed by atoms with Gasteiger partial charge in [-0.1, -0.05) is 18.2 Å². The minimum Gasteiger partial charge on any atom is -0.497 e. The second-order valence-electron chi connectivity index (χ2n) is 6.02. The number of rotatable bonds is 5. The normalized spacial score (nSPS) is 15.3. The Bertz CT molecular complexity index is 686. The van der Waals surface area contributed by atoms with E-state index in [0.717, 1.165) is 29.0 Å². The van der Waals surface area contributed by atoms with Gasteiger partial charge in [0.15, 0.2) is 5.78 Å². The van der Waals surface area contributed by atoms with E-state index in [4.69, 9.17) is 4.74 Å². The van der Waals surface area contributed by atoms with E-state index in [1.54, 1.807) is 7.11 Å². The molecule has 1 aliphatic heterocycles. The van der Waals surface area contributed by atoms with Crippen LogP contribution in [0.15, 0.2) is 41.8 Å². The highest BCUT2D eigenvalue weighted by Crippen LogP contribution is 2.24. The zero-order valence-corrected chi connectivity index (χ0v) is 14.6. The number of Topliss-reactive ketones (excluding diaryl/α,β-unsaturated/α-hetero) is 1. The molecule has 1 aliphatic rings. The molecule has 126 valence electrons. The third-order valence-electron chi connectivity index (χ3n) is 4.50. The van der Waals surface area contributed by atoms with Gasteiger partial charge < -0.3 is 9.64 Å². The van der Waals surface area contributed by atoms with E-state index >= 15 is 0 Å². The largest absolute Gasteiger partial charge is 0.497 e. The van der Waals surface area contributed by atoms with Gasteiger partial charge in [0.2, 0.25) is 5.91 Å².